The lowest BCUT2D eigenvalue weighted by atomic mass is 10.0. The molecule has 2 aliphatic rings. The molecule has 0 radical (unpaired) electrons. The van der Waals surface area contributed by atoms with Crippen LogP contribution in [-0.2, 0) is 22.6 Å². The van der Waals surface area contributed by atoms with E-state index >= 15 is 0 Å². The third-order valence-corrected chi connectivity index (χ3v) is 5.56. The van der Waals surface area contributed by atoms with E-state index in [0.717, 1.165) is 16.9 Å². The van der Waals surface area contributed by atoms with Gasteiger partial charge in [0.25, 0.3) is 0 Å². The van der Waals surface area contributed by atoms with Crippen molar-refractivity contribution in [2.75, 3.05) is 13.7 Å². The van der Waals surface area contributed by atoms with E-state index in [1.165, 1.54) is 0 Å². The second-order valence-corrected chi connectivity index (χ2v) is 7.38. The van der Waals surface area contributed by atoms with Crippen LogP contribution in [-0.4, -0.2) is 48.5 Å². The van der Waals surface area contributed by atoms with E-state index in [1.807, 2.05) is 54.6 Å². The number of rotatable bonds is 6. The minimum absolute atomic E-state index is 0.00930. The highest BCUT2D eigenvalue weighted by molar-refractivity contribution is 5.97. The van der Waals surface area contributed by atoms with Crippen LogP contribution in [0.5, 0.6) is 5.75 Å². The van der Waals surface area contributed by atoms with Gasteiger partial charge in [-0.05, 0) is 18.1 Å². The molecule has 0 aromatic heterocycles. The van der Waals surface area contributed by atoms with Gasteiger partial charge < -0.3 is 20.3 Å². The predicted molar refractivity (Wildman–Crippen MR) is 106 cm³/mol. The number of carbonyl (C=O) groups excluding carboxylic acids is 2. The molecule has 0 aliphatic carbocycles. The lowest BCUT2D eigenvalue weighted by molar-refractivity contribution is -0.147. The summed E-state index contributed by atoms with van der Waals surface area (Å²) in [5.41, 5.74) is 2.11. The van der Waals surface area contributed by atoms with Gasteiger partial charge in [0.15, 0.2) is 0 Å². The number of nitrogens with zero attached hydrogens (tertiary/aromatic N) is 1. The van der Waals surface area contributed by atoms with Crippen molar-refractivity contribution in [2.45, 2.75) is 37.5 Å². The van der Waals surface area contributed by atoms with Gasteiger partial charge in [-0.2, -0.15) is 0 Å². The lowest BCUT2D eigenvalue weighted by Crippen LogP contribution is -2.61. The van der Waals surface area contributed by atoms with E-state index in [4.69, 9.17) is 4.74 Å². The number of hydrogen-bond acceptors (Lipinski definition) is 4. The van der Waals surface area contributed by atoms with Crippen LogP contribution >= 0.6 is 0 Å². The summed E-state index contributed by atoms with van der Waals surface area (Å²) in [5.74, 6) is 0.791. The maximum absolute atomic E-state index is 12.9. The minimum Gasteiger partial charge on any atom is -0.496 e. The van der Waals surface area contributed by atoms with E-state index in [1.54, 1.807) is 12.0 Å². The van der Waals surface area contributed by atoms with Crippen LogP contribution < -0.4 is 15.4 Å². The van der Waals surface area contributed by atoms with Crippen LogP contribution in [0.2, 0.25) is 0 Å². The van der Waals surface area contributed by atoms with Crippen molar-refractivity contribution in [3.8, 4) is 5.75 Å². The first-order valence-electron chi connectivity index (χ1n) is 9.66. The standard InChI is InChI=1S/C22H25N3O3/c1-28-20-10-6-5-9-16(20)13-23-17-12-19-21(26)24-18(22(27)25(19)14-17)11-15-7-3-2-4-8-15/h2-10,17-19,23H,11-14H2,1H3,(H,24,26)/t17-,18-,19-/m0/s1. The van der Waals surface area contributed by atoms with E-state index in [9.17, 15) is 9.59 Å². The maximum atomic E-state index is 12.9. The Morgan fingerprint density at radius 3 is 2.64 bits per heavy atom. The molecular weight excluding hydrogens is 354 g/mol. The summed E-state index contributed by atoms with van der Waals surface area (Å²) in [5, 5.41) is 6.40. The maximum Gasteiger partial charge on any atom is 0.246 e. The van der Waals surface area contributed by atoms with Gasteiger partial charge in [0.2, 0.25) is 11.8 Å². The molecule has 2 fully saturated rings. The SMILES string of the molecule is COc1ccccc1CN[C@H]1C[C@H]2C(=O)N[C@@H](Cc3ccccc3)C(=O)N2C1. The van der Waals surface area contributed by atoms with E-state index in [0.29, 0.717) is 25.9 Å². The molecule has 2 amide bonds. The Morgan fingerprint density at radius 1 is 1.11 bits per heavy atom. The van der Waals surface area contributed by atoms with Gasteiger partial charge in [-0.15, -0.1) is 0 Å². The molecule has 2 aromatic rings. The number of methoxy groups -OCH3 is 1. The second kappa shape index (κ2) is 8.02. The van der Waals surface area contributed by atoms with E-state index < -0.39 is 6.04 Å². The lowest BCUT2D eigenvalue weighted by Gasteiger charge is -2.34. The number of amides is 2. The van der Waals surface area contributed by atoms with Gasteiger partial charge in [0.1, 0.15) is 17.8 Å². The fourth-order valence-electron chi connectivity index (χ4n) is 4.10. The number of nitrogens with one attached hydrogen (secondary N) is 2. The van der Waals surface area contributed by atoms with Crippen molar-refractivity contribution in [3.63, 3.8) is 0 Å². The Balaban J connectivity index is 1.40. The zero-order valence-electron chi connectivity index (χ0n) is 15.9. The summed E-state index contributed by atoms with van der Waals surface area (Å²) >= 11 is 0. The fraction of sp³-hybridized carbons (Fsp3) is 0.364. The molecule has 28 heavy (non-hydrogen) atoms. The van der Waals surface area contributed by atoms with E-state index in [2.05, 4.69) is 10.6 Å². The highest BCUT2D eigenvalue weighted by Crippen LogP contribution is 2.25. The molecule has 4 rings (SSSR count). The zero-order chi connectivity index (χ0) is 19.5. The highest BCUT2D eigenvalue weighted by Gasteiger charge is 2.46. The Hall–Kier alpha value is -2.86. The van der Waals surface area contributed by atoms with Gasteiger partial charge in [0, 0.05) is 31.1 Å². The quantitative estimate of drug-likeness (QED) is 0.798. The number of benzene rings is 2. The van der Waals surface area contributed by atoms with Gasteiger partial charge in [-0.3, -0.25) is 9.59 Å². The molecule has 146 valence electrons. The van der Waals surface area contributed by atoms with Crippen LogP contribution in [0.3, 0.4) is 0 Å². The van der Waals surface area contributed by atoms with Crippen molar-refractivity contribution in [1.29, 1.82) is 0 Å². The Morgan fingerprint density at radius 2 is 1.86 bits per heavy atom. The third kappa shape index (κ3) is 3.73. The molecule has 0 saturated carbocycles. The van der Waals surface area contributed by atoms with E-state index in [-0.39, 0.29) is 23.9 Å². The average Bonchev–Trinajstić information content (AvgIpc) is 3.16. The number of carbonyl (C=O) groups is 2. The Labute approximate surface area is 164 Å². The minimum atomic E-state index is -0.487. The number of fused-ring (bicyclic) bond motifs is 1. The van der Waals surface area contributed by atoms with Gasteiger partial charge in [-0.1, -0.05) is 48.5 Å². The number of hydrogen-bond donors (Lipinski definition) is 2. The van der Waals surface area contributed by atoms with Crippen LogP contribution in [0.1, 0.15) is 17.5 Å². The first-order valence-corrected chi connectivity index (χ1v) is 9.66. The summed E-state index contributed by atoms with van der Waals surface area (Å²) in [6.45, 7) is 1.19. The molecule has 6 heteroatoms. The second-order valence-electron chi connectivity index (χ2n) is 7.38. The summed E-state index contributed by atoms with van der Waals surface area (Å²) in [7, 11) is 1.66. The molecule has 3 atom stereocenters. The molecule has 0 spiro atoms. The zero-order valence-corrected chi connectivity index (χ0v) is 15.9. The normalized spacial score (nSPS) is 24.0. The predicted octanol–water partition coefficient (Wildman–Crippen LogP) is 1.50. The van der Waals surface area contributed by atoms with Gasteiger partial charge in [-0.25, -0.2) is 0 Å². The molecule has 2 N–H and O–H groups in total. The largest absolute Gasteiger partial charge is 0.496 e. The van der Waals surface area contributed by atoms with Crippen molar-refractivity contribution >= 4 is 11.8 Å². The first kappa shape index (κ1) is 18.5. The Bertz CT molecular complexity index is 855. The summed E-state index contributed by atoms with van der Waals surface area (Å²) in [6.07, 6.45) is 1.15. The van der Waals surface area contributed by atoms with Gasteiger partial charge >= 0.3 is 0 Å². The average molecular weight is 379 g/mol. The first-order chi connectivity index (χ1) is 13.7. The van der Waals surface area contributed by atoms with Crippen LogP contribution in [0.4, 0.5) is 0 Å². The molecule has 0 unspecified atom stereocenters. The van der Waals surface area contributed by atoms with Crippen LogP contribution in [0.25, 0.3) is 0 Å². The van der Waals surface area contributed by atoms with Gasteiger partial charge in [0.05, 0.1) is 7.11 Å². The van der Waals surface area contributed by atoms with Crippen molar-refractivity contribution in [1.82, 2.24) is 15.5 Å². The van der Waals surface area contributed by atoms with Crippen molar-refractivity contribution < 1.29 is 14.3 Å². The van der Waals surface area contributed by atoms with Crippen molar-refractivity contribution in [2.24, 2.45) is 0 Å². The molecule has 2 saturated heterocycles. The number of para-hydroxylation sites is 1. The van der Waals surface area contributed by atoms with Crippen LogP contribution in [0.15, 0.2) is 54.6 Å². The number of ether oxygens (including phenoxy) is 1. The molecular formula is C22H25N3O3. The monoisotopic (exact) mass is 379 g/mol. The third-order valence-electron chi connectivity index (χ3n) is 5.56. The molecule has 2 heterocycles. The topological polar surface area (TPSA) is 70.7 Å². The summed E-state index contributed by atoms with van der Waals surface area (Å²) < 4.78 is 5.39. The highest BCUT2D eigenvalue weighted by atomic mass is 16.5. The smallest absolute Gasteiger partial charge is 0.246 e. The molecule has 2 aliphatic heterocycles. The Kier molecular flexibility index (Phi) is 5.30. The fourth-order valence-corrected chi connectivity index (χ4v) is 4.10. The molecule has 2 aromatic carbocycles. The summed E-state index contributed by atoms with van der Waals surface area (Å²) in [6, 6.07) is 16.9. The number of piperazine rings is 1. The molecule has 6 nitrogen and oxygen atoms in total. The van der Waals surface area contributed by atoms with Crippen LogP contribution in [0, 0.1) is 0 Å². The summed E-state index contributed by atoms with van der Waals surface area (Å²) in [4.78, 5) is 27.3. The van der Waals surface area contributed by atoms with Crippen molar-refractivity contribution in [3.05, 3.63) is 65.7 Å². The molecule has 0 bridgehead atoms.